The van der Waals surface area contributed by atoms with E-state index >= 15 is 0 Å². The molecular formula is C47H88NO8P. The molecule has 0 saturated carbocycles. The van der Waals surface area contributed by atoms with E-state index in [4.69, 9.17) is 24.3 Å². The zero-order chi connectivity index (χ0) is 41.8. The Bertz CT molecular complexity index is 1030. The van der Waals surface area contributed by atoms with Crippen LogP contribution in [0.25, 0.3) is 0 Å². The van der Waals surface area contributed by atoms with E-state index in [0.717, 1.165) is 44.9 Å². The fourth-order valence-electron chi connectivity index (χ4n) is 6.48. The molecule has 0 rings (SSSR count). The topological polar surface area (TPSA) is 134 Å². The smallest absolute Gasteiger partial charge is 0.462 e. The molecule has 1 unspecified atom stereocenters. The van der Waals surface area contributed by atoms with Crippen LogP contribution in [0.1, 0.15) is 219 Å². The molecule has 0 amide bonds. The first kappa shape index (κ1) is 55.2. The van der Waals surface area contributed by atoms with Gasteiger partial charge in [-0.3, -0.25) is 18.6 Å². The molecule has 0 heterocycles. The quantitative estimate of drug-likeness (QED) is 0.0266. The number of phosphoric acid groups is 1. The number of nitrogens with two attached hydrogens (primary N) is 1. The lowest BCUT2D eigenvalue weighted by Gasteiger charge is -2.19. The van der Waals surface area contributed by atoms with E-state index in [1.54, 1.807) is 0 Å². The maximum absolute atomic E-state index is 12.6. The third kappa shape index (κ3) is 43.6. The van der Waals surface area contributed by atoms with Gasteiger partial charge in [-0.2, -0.15) is 0 Å². The van der Waals surface area contributed by atoms with Gasteiger partial charge in [-0.15, -0.1) is 0 Å². The van der Waals surface area contributed by atoms with Gasteiger partial charge in [-0.25, -0.2) is 4.57 Å². The number of hydrogen-bond acceptors (Lipinski definition) is 8. The van der Waals surface area contributed by atoms with Gasteiger partial charge < -0.3 is 20.1 Å². The minimum absolute atomic E-state index is 0.0494. The van der Waals surface area contributed by atoms with E-state index in [-0.39, 0.29) is 32.6 Å². The normalized spacial score (nSPS) is 13.5. The van der Waals surface area contributed by atoms with Gasteiger partial charge in [0.1, 0.15) is 6.61 Å². The lowest BCUT2D eigenvalue weighted by Crippen LogP contribution is -2.29. The van der Waals surface area contributed by atoms with Gasteiger partial charge in [0.05, 0.1) is 13.2 Å². The first-order valence-corrected chi connectivity index (χ1v) is 25.0. The molecule has 0 spiro atoms. The van der Waals surface area contributed by atoms with Crippen molar-refractivity contribution in [3.63, 3.8) is 0 Å². The molecule has 57 heavy (non-hydrogen) atoms. The number of ether oxygens (including phenoxy) is 2. The SMILES string of the molecule is CCCCCCCC/C=C/C/C=C/CCCCC(=O)OC[C@H](COP(=O)(O)OCCN)OC(=O)CCCCCCCCCCCCC/C=C/CCCCCCCC. The van der Waals surface area contributed by atoms with Crippen LogP contribution in [0.5, 0.6) is 0 Å². The van der Waals surface area contributed by atoms with Gasteiger partial charge in [0.25, 0.3) is 0 Å². The van der Waals surface area contributed by atoms with Gasteiger partial charge in [-0.1, -0.05) is 172 Å². The molecule has 0 aliphatic heterocycles. The fraction of sp³-hybridized carbons (Fsp3) is 0.830. The minimum Gasteiger partial charge on any atom is -0.462 e. The number of phosphoric ester groups is 1. The van der Waals surface area contributed by atoms with E-state index in [9.17, 15) is 19.0 Å². The Morgan fingerprint density at radius 2 is 0.912 bits per heavy atom. The van der Waals surface area contributed by atoms with Gasteiger partial charge >= 0.3 is 19.8 Å². The van der Waals surface area contributed by atoms with Crippen LogP contribution in [0.3, 0.4) is 0 Å². The van der Waals surface area contributed by atoms with Crippen molar-refractivity contribution >= 4 is 19.8 Å². The predicted octanol–water partition coefficient (Wildman–Crippen LogP) is 13.7. The average Bonchev–Trinajstić information content (AvgIpc) is 3.20. The number of esters is 2. The number of carbonyl (C=O) groups is 2. The highest BCUT2D eigenvalue weighted by atomic mass is 31.2. The molecule has 0 aliphatic rings. The van der Waals surface area contributed by atoms with Gasteiger partial charge in [-0.05, 0) is 70.6 Å². The monoisotopic (exact) mass is 826 g/mol. The largest absolute Gasteiger partial charge is 0.472 e. The summed E-state index contributed by atoms with van der Waals surface area (Å²) in [7, 11) is -4.38. The van der Waals surface area contributed by atoms with Crippen molar-refractivity contribution in [2.75, 3.05) is 26.4 Å². The second kappa shape index (κ2) is 43.8. The summed E-state index contributed by atoms with van der Waals surface area (Å²) in [5, 5.41) is 0. The van der Waals surface area contributed by atoms with Gasteiger partial charge in [0.2, 0.25) is 0 Å². The highest BCUT2D eigenvalue weighted by molar-refractivity contribution is 7.47. The van der Waals surface area contributed by atoms with Crippen molar-refractivity contribution in [1.29, 1.82) is 0 Å². The zero-order valence-corrected chi connectivity index (χ0v) is 37.7. The summed E-state index contributed by atoms with van der Waals surface area (Å²) in [5.41, 5.74) is 5.35. The molecule has 0 aromatic carbocycles. The third-order valence-corrected chi connectivity index (χ3v) is 11.0. The molecule has 0 aliphatic carbocycles. The van der Waals surface area contributed by atoms with Crippen molar-refractivity contribution < 1.29 is 37.6 Å². The molecule has 0 bridgehead atoms. The van der Waals surface area contributed by atoms with Crippen molar-refractivity contribution in [1.82, 2.24) is 0 Å². The summed E-state index contributed by atoms with van der Waals surface area (Å²) >= 11 is 0. The second-order valence-corrected chi connectivity index (χ2v) is 17.1. The average molecular weight is 826 g/mol. The number of unbranched alkanes of at least 4 members (excludes halogenated alkanes) is 25. The molecule has 0 aromatic heterocycles. The molecule has 0 radical (unpaired) electrons. The van der Waals surface area contributed by atoms with Crippen LogP contribution in [0.2, 0.25) is 0 Å². The van der Waals surface area contributed by atoms with Gasteiger partial charge in [0, 0.05) is 19.4 Å². The van der Waals surface area contributed by atoms with Crippen molar-refractivity contribution in [3.8, 4) is 0 Å². The van der Waals surface area contributed by atoms with Crippen LogP contribution < -0.4 is 5.73 Å². The number of allylic oxidation sites excluding steroid dienone is 6. The highest BCUT2D eigenvalue weighted by Crippen LogP contribution is 2.43. The maximum atomic E-state index is 12.6. The summed E-state index contributed by atoms with van der Waals surface area (Å²) in [5.74, 6) is -0.862. The standard InChI is InChI=1S/C47H88NO8P/c1-3-5-7-9-11-13-15-17-19-20-21-22-23-24-26-28-30-32-34-36-38-40-47(50)56-45(44-55-57(51,52)54-42-41-48)43-53-46(49)39-37-35-33-31-29-27-25-18-16-14-12-10-8-6-4-2/h17-19,25,29,31,45H,3-16,20-24,26-28,30,32-44,48H2,1-2H3,(H,51,52)/b19-17+,25-18+,31-29+/t45-/m1/s1. The van der Waals surface area contributed by atoms with Crippen molar-refractivity contribution in [3.05, 3.63) is 36.5 Å². The second-order valence-electron chi connectivity index (χ2n) is 15.6. The Hall–Kier alpha value is -1.77. The highest BCUT2D eigenvalue weighted by Gasteiger charge is 2.26. The summed E-state index contributed by atoms with van der Waals surface area (Å²) in [4.78, 5) is 34.9. The summed E-state index contributed by atoms with van der Waals surface area (Å²) in [6, 6.07) is 0. The summed E-state index contributed by atoms with van der Waals surface area (Å²) in [6.45, 7) is 3.70. The molecule has 2 atom stereocenters. The van der Waals surface area contributed by atoms with Crippen LogP contribution in [-0.2, 0) is 32.7 Å². The van der Waals surface area contributed by atoms with Crippen LogP contribution in [0.15, 0.2) is 36.5 Å². The Morgan fingerprint density at radius 1 is 0.526 bits per heavy atom. The van der Waals surface area contributed by atoms with Crippen LogP contribution in [0, 0.1) is 0 Å². The first-order chi connectivity index (χ1) is 27.8. The predicted molar refractivity (Wildman–Crippen MR) is 238 cm³/mol. The summed E-state index contributed by atoms with van der Waals surface area (Å²) in [6.07, 6.45) is 49.0. The van der Waals surface area contributed by atoms with E-state index < -0.39 is 32.5 Å². The lowest BCUT2D eigenvalue weighted by molar-refractivity contribution is -0.161. The Morgan fingerprint density at radius 3 is 1.39 bits per heavy atom. The van der Waals surface area contributed by atoms with E-state index in [2.05, 4.69) is 50.3 Å². The molecular weight excluding hydrogens is 737 g/mol. The summed E-state index contributed by atoms with van der Waals surface area (Å²) < 4.78 is 32.8. The Labute approximate surface area is 350 Å². The first-order valence-electron chi connectivity index (χ1n) is 23.5. The molecule has 0 fully saturated rings. The number of carbonyl (C=O) groups excluding carboxylic acids is 2. The van der Waals surface area contributed by atoms with E-state index in [1.807, 2.05) is 0 Å². The number of hydrogen-bond donors (Lipinski definition) is 2. The lowest BCUT2D eigenvalue weighted by atomic mass is 10.0. The third-order valence-electron chi connectivity index (χ3n) is 10.00. The molecule has 0 aromatic rings. The molecule has 3 N–H and O–H groups in total. The maximum Gasteiger partial charge on any atom is 0.472 e. The number of rotatable bonds is 44. The molecule has 10 heteroatoms. The van der Waals surface area contributed by atoms with Crippen LogP contribution in [0.4, 0.5) is 0 Å². The minimum atomic E-state index is -4.38. The fourth-order valence-corrected chi connectivity index (χ4v) is 7.25. The Balaban J connectivity index is 4.11. The zero-order valence-electron chi connectivity index (χ0n) is 36.8. The van der Waals surface area contributed by atoms with Gasteiger partial charge in [0.15, 0.2) is 6.10 Å². The van der Waals surface area contributed by atoms with Crippen LogP contribution >= 0.6 is 7.82 Å². The van der Waals surface area contributed by atoms with E-state index in [1.165, 1.54) is 135 Å². The molecule has 0 saturated heterocycles. The van der Waals surface area contributed by atoms with Crippen molar-refractivity contribution in [2.24, 2.45) is 5.73 Å². The Kier molecular flexibility index (Phi) is 42.4. The van der Waals surface area contributed by atoms with E-state index in [0.29, 0.717) is 12.8 Å². The van der Waals surface area contributed by atoms with Crippen molar-refractivity contribution in [2.45, 2.75) is 225 Å². The molecule has 334 valence electrons. The van der Waals surface area contributed by atoms with Crippen LogP contribution in [-0.4, -0.2) is 49.3 Å². The molecule has 9 nitrogen and oxygen atoms in total.